The molecule has 611 valence electrons. The normalized spacial score (nSPS) is 23.9. The molecule has 4 fully saturated rings. The molecule has 3 radical (unpaired) electrons. The molecule has 4 aliphatic rings. The van der Waals surface area contributed by atoms with Crippen molar-refractivity contribution in [2.24, 2.45) is 5.73 Å². The topological polar surface area (TPSA) is 299 Å². The Bertz CT molecular complexity index is 3490. The van der Waals surface area contributed by atoms with Gasteiger partial charge in [0.1, 0.15) is 0 Å². The van der Waals surface area contributed by atoms with Crippen LogP contribution in [0.15, 0.2) is 146 Å². The van der Waals surface area contributed by atoms with Crippen LogP contribution in [0.2, 0.25) is 30.1 Å². The Balaban J connectivity index is 0.000000634. The summed E-state index contributed by atoms with van der Waals surface area (Å²) in [5, 5.41) is 67.7. The molecule has 9 atom stereocenters. The van der Waals surface area contributed by atoms with E-state index in [0.717, 1.165) is 0 Å². The van der Waals surface area contributed by atoms with Crippen LogP contribution in [0.5, 0.6) is 0 Å². The third-order valence-electron chi connectivity index (χ3n) is 16.4. The quantitative estimate of drug-likeness (QED) is 0.0249. The van der Waals surface area contributed by atoms with Gasteiger partial charge in [0.05, 0.1) is 75.2 Å². The van der Waals surface area contributed by atoms with Crippen molar-refractivity contribution in [1.29, 1.82) is 0 Å². The number of ether oxygens (including phenoxy) is 6. The molecule has 11 N–H and O–H groups in total. The summed E-state index contributed by atoms with van der Waals surface area (Å²) in [5.41, 5.74) is 8.41. The molecule has 0 amide bonds. The minimum Gasteiger partial charge on any atom is -0.466 e. The second-order valence-electron chi connectivity index (χ2n) is 29.8. The Morgan fingerprint density at radius 2 is 0.691 bits per heavy atom. The van der Waals surface area contributed by atoms with Crippen molar-refractivity contribution in [1.82, 2.24) is 21.3 Å². The largest absolute Gasteiger partial charge is 0.466 e. The van der Waals surface area contributed by atoms with Crippen molar-refractivity contribution in [3.63, 3.8) is 0 Å². The van der Waals surface area contributed by atoms with Gasteiger partial charge in [-0.25, -0.2) is 0 Å². The predicted octanol–water partition coefficient (Wildman–Crippen LogP) is 15.8. The Morgan fingerprint density at radius 1 is 0.473 bits per heavy atom. The van der Waals surface area contributed by atoms with Crippen LogP contribution in [0.3, 0.4) is 0 Å². The first kappa shape index (κ1) is 103. The second-order valence-corrected chi connectivity index (χ2v) is 33.7. The van der Waals surface area contributed by atoms with Crippen molar-refractivity contribution in [2.45, 2.75) is 225 Å². The van der Waals surface area contributed by atoms with Crippen LogP contribution in [0.1, 0.15) is 188 Å². The first-order valence-corrected chi connectivity index (χ1v) is 39.0. The number of carbonyl (C=O) groups is 4. The molecule has 0 aliphatic carbocycles. The first-order valence-electron chi connectivity index (χ1n) is 35.8. The lowest BCUT2D eigenvalue weighted by atomic mass is 9.93. The molecule has 28 heteroatoms. The standard InChI is InChI=1S/4C13H18ClNO2.C9H8BrClO.C9H9ClO.C4H11NO.2C4H8O2.B/c4*1-9-13(16,17-8-12(2,3)15-9)10-5-4-6-11(14)7-10;1-6(10)9(12)7-3-2-4-8(11)5-7;1-2-9(11)7-4-3-5-8(10)6-7;1-4(2,5)3-6;2*1-3-6-4(2)5;/h4*4-7,9,15-16H,8H2,1-3H3;2-6H,1H3;3-6H,2H2,1H3;6H,3,5H2,1-2H3;2*3H2,1-2H3;/t2*9-,13+;;;;;;;;/m10......../s1. The molecule has 0 aromatic heterocycles. The number of Topliss-reactive ketones (excluding diaryl/α,β-unsaturated/α-hetero) is 2. The zero-order chi connectivity index (χ0) is 83.3. The molecule has 4 heterocycles. The summed E-state index contributed by atoms with van der Waals surface area (Å²) in [6.07, 6.45) is 0.528. The minimum atomic E-state index is -1.32. The van der Waals surface area contributed by atoms with E-state index in [1.54, 1.807) is 132 Å². The lowest BCUT2D eigenvalue weighted by Crippen LogP contribution is -2.63. The van der Waals surface area contributed by atoms with Gasteiger partial charge in [0, 0.05) is 120 Å². The van der Waals surface area contributed by atoms with Gasteiger partial charge < -0.3 is 81.0 Å². The third-order valence-corrected chi connectivity index (χ3v) is 18.2. The number of carbonyl (C=O) groups excluding carboxylic acids is 4. The summed E-state index contributed by atoms with van der Waals surface area (Å²) in [4.78, 5) is 42.0. The van der Waals surface area contributed by atoms with Gasteiger partial charge in [-0.3, -0.25) is 19.2 Å². The number of hydrogen-bond donors (Lipinski definition) is 10. The summed E-state index contributed by atoms with van der Waals surface area (Å²) >= 11 is 38.4. The number of rotatable bonds is 11. The smallest absolute Gasteiger partial charge is 0.302 e. The molecule has 10 rings (SSSR count). The summed E-state index contributed by atoms with van der Waals surface area (Å²) < 4.78 is 31.5. The number of nitrogens with two attached hydrogens (primary N) is 1. The summed E-state index contributed by atoms with van der Waals surface area (Å²) in [6, 6.07) is 41.7. The van der Waals surface area contributed by atoms with E-state index >= 15 is 0 Å². The van der Waals surface area contributed by atoms with Crippen LogP contribution >= 0.6 is 85.5 Å². The van der Waals surface area contributed by atoms with Gasteiger partial charge in [-0.1, -0.05) is 165 Å². The first-order chi connectivity index (χ1) is 50.3. The lowest BCUT2D eigenvalue weighted by molar-refractivity contribution is -0.263. The van der Waals surface area contributed by atoms with E-state index in [1.165, 1.54) is 13.8 Å². The van der Waals surface area contributed by atoms with Crippen LogP contribution in [0, 0.1) is 0 Å². The molecule has 4 saturated heterocycles. The maximum absolute atomic E-state index is 11.4. The van der Waals surface area contributed by atoms with Gasteiger partial charge in [0.25, 0.3) is 0 Å². The number of morpholine rings is 4. The minimum absolute atomic E-state index is 0. The fourth-order valence-corrected chi connectivity index (χ4v) is 12.3. The Hall–Kier alpha value is -4.68. The average Bonchev–Trinajstić information content (AvgIpc) is 0.794. The van der Waals surface area contributed by atoms with E-state index in [-0.39, 0.29) is 89.7 Å². The molecular formula is C82H116BBrCl6N5O15. The predicted molar refractivity (Wildman–Crippen MR) is 448 cm³/mol. The monoisotopic (exact) mass is 1710 g/mol. The number of halogens is 7. The molecule has 20 nitrogen and oxygen atoms in total. The maximum Gasteiger partial charge on any atom is 0.302 e. The molecule has 0 spiro atoms. The van der Waals surface area contributed by atoms with Gasteiger partial charge in [-0.2, -0.15) is 0 Å². The highest BCUT2D eigenvalue weighted by Crippen LogP contribution is 2.38. The van der Waals surface area contributed by atoms with Gasteiger partial charge >= 0.3 is 11.9 Å². The Labute approximate surface area is 692 Å². The number of nitrogens with one attached hydrogen (secondary N) is 4. The Kier molecular flexibility index (Phi) is 43.9. The van der Waals surface area contributed by atoms with Gasteiger partial charge in [0.2, 0.25) is 23.1 Å². The highest BCUT2D eigenvalue weighted by Gasteiger charge is 2.48. The number of alkyl halides is 1. The number of hydrogen-bond acceptors (Lipinski definition) is 20. The van der Waals surface area contributed by atoms with Crippen molar-refractivity contribution in [3.8, 4) is 0 Å². The molecule has 110 heavy (non-hydrogen) atoms. The molecule has 0 saturated carbocycles. The van der Waals surface area contributed by atoms with Gasteiger partial charge in [-0.05, 0) is 190 Å². The maximum atomic E-state index is 11.4. The van der Waals surface area contributed by atoms with E-state index in [2.05, 4.69) is 46.7 Å². The molecule has 6 aromatic rings. The average molecular weight is 1720 g/mol. The van der Waals surface area contributed by atoms with Gasteiger partial charge in [0.15, 0.2) is 11.6 Å². The van der Waals surface area contributed by atoms with E-state index in [0.29, 0.717) is 110 Å². The SMILES string of the molecule is CC(Br)C(=O)c1cccc(Cl)c1.CC(C)(N)CO.CC1NC(C)(C)COC1(O)c1cccc(Cl)c1.CC1NC(C)(C)COC1(O)c1cccc(Cl)c1.CCC(=O)c1cccc(Cl)c1.CCOC(C)=O.CCOC(C)=O.C[C@@H]1NC(C)(C)CO[C@@]1(O)c1cccc(Cl)c1.C[C@H]1NC(C)(C)CO[C@]1(O)c1cccc(Cl)c1.[B]. The fraction of sp³-hybridized carbons (Fsp3) is 0.512. The zero-order valence-corrected chi connectivity index (χ0v) is 73.1. The lowest BCUT2D eigenvalue weighted by Gasteiger charge is -2.46. The van der Waals surface area contributed by atoms with Gasteiger partial charge in [-0.15, -0.1) is 0 Å². The van der Waals surface area contributed by atoms with Crippen molar-refractivity contribution >= 4 is 117 Å². The molecular weight excluding hydrogens is 1600 g/mol. The summed E-state index contributed by atoms with van der Waals surface area (Å²) in [6.45, 7) is 40.3. The number of esters is 2. The number of ketones is 2. The Morgan fingerprint density at radius 3 is 0.864 bits per heavy atom. The van der Waals surface area contributed by atoms with Crippen LogP contribution in [0.25, 0.3) is 0 Å². The zero-order valence-electron chi connectivity index (χ0n) is 67.0. The molecule has 5 unspecified atom stereocenters. The van der Waals surface area contributed by atoms with Crippen molar-refractivity contribution in [2.75, 3.05) is 46.2 Å². The highest BCUT2D eigenvalue weighted by molar-refractivity contribution is 9.10. The summed E-state index contributed by atoms with van der Waals surface area (Å²) in [5.74, 6) is -5.51. The summed E-state index contributed by atoms with van der Waals surface area (Å²) in [7, 11) is 0. The highest BCUT2D eigenvalue weighted by atomic mass is 79.9. The molecule has 0 bridgehead atoms. The van der Waals surface area contributed by atoms with Crippen LogP contribution < -0.4 is 27.0 Å². The van der Waals surface area contributed by atoms with Crippen LogP contribution in [-0.4, -0.2) is 160 Å². The van der Waals surface area contributed by atoms with E-state index < -0.39 is 28.7 Å². The second kappa shape index (κ2) is 46.8. The van der Waals surface area contributed by atoms with Crippen molar-refractivity contribution in [3.05, 3.63) is 209 Å². The fourth-order valence-electron chi connectivity index (χ4n) is 10.9. The van der Waals surface area contributed by atoms with E-state index in [4.69, 9.17) is 99.4 Å². The number of aliphatic hydroxyl groups is 5. The number of aliphatic hydroxyl groups excluding tert-OH is 1. The van der Waals surface area contributed by atoms with Crippen LogP contribution in [-0.2, 0) is 61.2 Å². The molecule has 4 aliphatic heterocycles. The number of benzene rings is 6. The third kappa shape index (κ3) is 35.6. The van der Waals surface area contributed by atoms with Crippen molar-refractivity contribution < 1.29 is 73.1 Å². The van der Waals surface area contributed by atoms with E-state index in [9.17, 15) is 39.6 Å². The molecule has 6 aromatic carbocycles. The van der Waals surface area contributed by atoms with Crippen LogP contribution in [0.4, 0.5) is 0 Å². The van der Waals surface area contributed by atoms with E-state index in [1.807, 2.05) is 139 Å².